The van der Waals surface area contributed by atoms with Gasteiger partial charge in [-0.15, -0.1) is 0 Å². The zero-order valence-corrected chi connectivity index (χ0v) is 17.8. The Bertz CT molecular complexity index is 1150. The first-order valence-corrected chi connectivity index (χ1v) is 11.3. The van der Waals surface area contributed by atoms with Crippen molar-refractivity contribution in [2.45, 2.75) is 43.7 Å². The Morgan fingerprint density at radius 3 is 2.68 bits per heavy atom. The molecule has 2 aromatic rings. The predicted molar refractivity (Wildman–Crippen MR) is 112 cm³/mol. The molecule has 2 N–H and O–H groups in total. The van der Waals surface area contributed by atoms with Gasteiger partial charge in [0.1, 0.15) is 17.6 Å². The summed E-state index contributed by atoms with van der Waals surface area (Å²) < 4.78 is 46.7. The van der Waals surface area contributed by atoms with Gasteiger partial charge >= 0.3 is 0 Å². The van der Waals surface area contributed by atoms with Crippen LogP contribution in [0.2, 0.25) is 0 Å². The number of halogens is 1. The third-order valence-electron chi connectivity index (χ3n) is 5.41. The Balaban J connectivity index is 1.62. The van der Waals surface area contributed by atoms with Gasteiger partial charge in [0, 0.05) is 18.3 Å². The number of hydrogen-bond acceptors (Lipinski definition) is 5. The number of rotatable bonds is 4. The van der Waals surface area contributed by atoms with E-state index < -0.39 is 33.9 Å². The first-order chi connectivity index (χ1) is 14.7. The Morgan fingerprint density at radius 2 is 1.97 bits per heavy atom. The monoisotopic (exact) mass is 447 g/mol. The maximum absolute atomic E-state index is 13.5. The van der Waals surface area contributed by atoms with Crippen molar-refractivity contribution >= 4 is 33.2 Å². The minimum atomic E-state index is -4.01. The summed E-state index contributed by atoms with van der Waals surface area (Å²) in [5, 5.41) is 5.35. The van der Waals surface area contributed by atoms with Crippen LogP contribution in [0, 0.1) is 12.7 Å². The number of carbonyl (C=O) groups excluding carboxylic acids is 2. The molecule has 0 aromatic heterocycles. The number of carbonyl (C=O) groups is 2. The van der Waals surface area contributed by atoms with Crippen molar-refractivity contribution in [1.82, 2.24) is 4.31 Å². The molecular formula is C21H22FN3O5S. The average Bonchev–Trinajstić information content (AvgIpc) is 3.21. The molecule has 0 bridgehead atoms. The molecule has 4 rings (SSSR count). The second-order valence-electron chi connectivity index (χ2n) is 7.63. The Hall–Kier alpha value is -2.98. The maximum Gasteiger partial charge on any atom is 0.265 e. The van der Waals surface area contributed by atoms with Crippen molar-refractivity contribution in [2.24, 2.45) is 0 Å². The van der Waals surface area contributed by atoms with E-state index in [0.29, 0.717) is 29.8 Å². The summed E-state index contributed by atoms with van der Waals surface area (Å²) in [5.41, 5.74) is 1.23. The van der Waals surface area contributed by atoms with E-state index in [-0.39, 0.29) is 23.1 Å². The minimum absolute atomic E-state index is 0.0241. The van der Waals surface area contributed by atoms with Crippen LogP contribution >= 0.6 is 0 Å². The van der Waals surface area contributed by atoms with Gasteiger partial charge in [0.05, 0.1) is 10.6 Å². The van der Waals surface area contributed by atoms with E-state index in [1.54, 1.807) is 19.9 Å². The van der Waals surface area contributed by atoms with Crippen LogP contribution < -0.4 is 15.4 Å². The molecule has 8 nitrogen and oxygen atoms in total. The quantitative estimate of drug-likeness (QED) is 0.750. The molecule has 1 fully saturated rings. The second-order valence-corrected chi connectivity index (χ2v) is 9.49. The number of hydrogen-bond donors (Lipinski definition) is 2. The third-order valence-corrected chi connectivity index (χ3v) is 7.46. The summed E-state index contributed by atoms with van der Waals surface area (Å²) in [5.74, 6) is -0.943. The molecule has 164 valence electrons. The van der Waals surface area contributed by atoms with Gasteiger partial charge in [0.25, 0.3) is 5.91 Å². The fraction of sp³-hybridized carbons (Fsp3) is 0.333. The Labute approximate surface area is 179 Å². The highest BCUT2D eigenvalue weighted by molar-refractivity contribution is 7.89. The van der Waals surface area contributed by atoms with Crippen molar-refractivity contribution < 1.29 is 27.1 Å². The maximum atomic E-state index is 13.5. The Morgan fingerprint density at radius 1 is 1.26 bits per heavy atom. The normalized spacial score (nSPS) is 21.2. The second kappa shape index (κ2) is 7.93. The summed E-state index contributed by atoms with van der Waals surface area (Å²) in [7, 11) is -4.01. The molecule has 0 spiro atoms. The van der Waals surface area contributed by atoms with Crippen LogP contribution in [0.4, 0.5) is 15.8 Å². The number of ether oxygens (including phenoxy) is 1. The minimum Gasteiger partial charge on any atom is -0.479 e. The SMILES string of the molecule is Cc1cc2c(cc1S(=O)(=O)N1CCC[C@H]1C(=O)Nc1ccc(F)cc1)O[C@@H](C)C(=O)N2. The highest BCUT2D eigenvalue weighted by atomic mass is 32.2. The van der Waals surface area contributed by atoms with Gasteiger partial charge in [0.15, 0.2) is 6.10 Å². The standard InChI is InChI=1S/C21H22FN3O5S/c1-12-10-16-18(30-13(2)20(26)24-16)11-19(12)31(28,29)25-9-3-4-17(25)21(27)23-15-7-5-14(22)6-8-15/h5-8,10-11,13,17H,3-4,9H2,1-2H3,(H,23,27)(H,24,26)/t13-,17-/m0/s1. The van der Waals surface area contributed by atoms with Gasteiger partial charge in [-0.2, -0.15) is 4.31 Å². The number of amides is 2. The van der Waals surface area contributed by atoms with Gasteiger partial charge in [-0.25, -0.2) is 12.8 Å². The van der Waals surface area contributed by atoms with Crippen LogP contribution in [-0.4, -0.2) is 43.2 Å². The first-order valence-electron chi connectivity index (χ1n) is 9.87. The number of sulfonamides is 1. The molecule has 0 radical (unpaired) electrons. The number of benzene rings is 2. The van der Waals surface area contributed by atoms with E-state index in [1.807, 2.05) is 0 Å². The molecule has 10 heteroatoms. The van der Waals surface area contributed by atoms with Gasteiger partial charge in [0.2, 0.25) is 15.9 Å². The molecule has 2 atom stereocenters. The van der Waals surface area contributed by atoms with Crippen molar-refractivity contribution in [3.05, 3.63) is 47.8 Å². The van der Waals surface area contributed by atoms with Crippen LogP contribution in [-0.2, 0) is 19.6 Å². The van der Waals surface area contributed by atoms with E-state index in [0.717, 1.165) is 0 Å². The van der Waals surface area contributed by atoms with E-state index in [9.17, 15) is 22.4 Å². The number of fused-ring (bicyclic) bond motifs is 1. The first kappa shape index (κ1) is 21.3. The number of aryl methyl sites for hydroxylation is 1. The molecule has 1 saturated heterocycles. The molecule has 0 unspecified atom stereocenters. The molecule has 2 amide bonds. The highest BCUT2D eigenvalue weighted by Gasteiger charge is 2.40. The van der Waals surface area contributed by atoms with E-state index >= 15 is 0 Å². The van der Waals surface area contributed by atoms with Crippen molar-refractivity contribution in [2.75, 3.05) is 17.2 Å². The van der Waals surface area contributed by atoms with Gasteiger partial charge in [-0.1, -0.05) is 0 Å². The number of nitrogens with zero attached hydrogens (tertiary/aromatic N) is 1. The zero-order valence-electron chi connectivity index (χ0n) is 17.0. The lowest BCUT2D eigenvalue weighted by Gasteiger charge is -2.27. The Kier molecular flexibility index (Phi) is 5.44. The third kappa shape index (κ3) is 4.00. The summed E-state index contributed by atoms with van der Waals surface area (Å²) in [6.07, 6.45) is 0.167. The summed E-state index contributed by atoms with van der Waals surface area (Å²) >= 11 is 0. The molecule has 2 heterocycles. The van der Waals surface area contributed by atoms with Crippen LogP contribution in [0.1, 0.15) is 25.3 Å². The molecule has 31 heavy (non-hydrogen) atoms. The molecule has 2 aliphatic rings. The summed E-state index contributed by atoms with van der Waals surface area (Å²) in [6, 6.07) is 7.33. The fourth-order valence-corrected chi connectivity index (χ4v) is 5.68. The van der Waals surface area contributed by atoms with Crippen molar-refractivity contribution in [3.63, 3.8) is 0 Å². The lowest BCUT2D eigenvalue weighted by atomic mass is 10.1. The van der Waals surface area contributed by atoms with Gasteiger partial charge < -0.3 is 15.4 Å². The largest absolute Gasteiger partial charge is 0.479 e. The van der Waals surface area contributed by atoms with Crippen LogP contribution in [0.25, 0.3) is 0 Å². The van der Waals surface area contributed by atoms with E-state index in [2.05, 4.69) is 10.6 Å². The highest BCUT2D eigenvalue weighted by Crippen LogP contribution is 2.37. The van der Waals surface area contributed by atoms with Crippen LogP contribution in [0.15, 0.2) is 41.3 Å². The molecule has 2 aromatic carbocycles. The van der Waals surface area contributed by atoms with Crippen molar-refractivity contribution in [1.29, 1.82) is 0 Å². The number of anilines is 2. The van der Waals surface area contributed by atoms with E-state index in [1.165, 1.54) is 34.6 Å². The molecule has 0 saturated carbocycles. The topological polar surface area (TPSA) is 105 Å². The van der Waals surface area contributed by atoms with E-state index in [4.69, 9.17) is 4.74 Å². The molecule has 0 aliphatic carbocycles. The van der Waals surface area contributed by atoms with Crippen LogP contribution in [0.5, 0.6) is 5.75 Å². The zero-order chi connectivity index (χ0) is 22.3. The van der Waals surface area contributed by atoms with Crippen molar-refractivity contribution in [3.8, 4) is 5.75 Å². The molecular weight excluding hydrogens is 425 g/mol. The lowest BCUT2D eigenvalue weighted by Crippen LogP contribution is -2.43. The number of nitrogens with one attached hydrogen (secondary N) is 2. The van der Waals surface area contributed by atoms with Gasteiger partial charge in [-0.3, -0.25) is 9.59 Å². The lowest BCUT2D eigenvalue weighted by molar-refractivity contribution is -0.122. The smallest absolute Gasteiger partial charge is 0.265 e. The summed E-state index contributed by atoms with van der Waals surface area (Å²) in [6.45, 7) is 3.40. The molecule has 2 aliphatic heterocycles. The van der Waals surface area contributed by atoms with Gasteiger partial charge in [-0.05, 0) is 62.6 Å². The van der Waals surface area contributed by atoms with Crippen LogP contribution in [0.3, 0.4) is 0 Å². The summed E-state index contributed by atoms with van der Waals surface area (Å²) in [4.78, 5) is 24.6. The average molecular weight is 447 g/mol. The predicted octanol–water partition coefficient (Wildman–Crippen LogP) is 2.65. The fourth-order valence-electron chi connectivity index (χ4n) is 3.80.